The van der Waals surface area contributed by atoms with Gasteiger partial charge in [0.05, 0.1) is 20.8 Å². The molecule has 0 atom stereocenters. The molecular formula is C15H11N3OS3. The number of hydrogen-bond acceptors (Lipinski definition) is 7. The first-order chi connectivity index (χ1) is 10.8. The van der Waals surface area contributed by atoms with Crippen LogP contribution in [0.5, 0.6) is 0 Å². The number of hydrogen-bond donors (Lipinski definition) is 0. The summed E-state index contributed by atoms with van der Waals surface area (Å²) in [6.07, 6.45) is 1.62. The van der Waals surface area contributed by atoms with E-state index in [-0.39, 0.29) is 0 Å². The van der Waals surface area contributed by atoms with E-state index in [1.807, 2.05) is 35.9 Å². The molecule has 110 valence electrons. The van der Waals surface area contributed by atoms with E-state index in [9.17, 15) is 0 Å². The van der Waals surface area contributed by atoms with Gasteiger partial charge in [-0.05, 0) is 29.8 Å². The van der Waals surface area contributed by atoms with Crippen molar-refractivity contribution in [3.8, 4) is 10.8 Å². The van der Waals surface area contributed by atoms with Crippen LogP contribution < -0.4 is 0 Å². The minimum absolute atomic E-state index is 0.701. The largest absolute Gasteiger partial charge is 0.440 e. The molecule has 0 aliphatic rings. The Hall–Kier alpha value is -1.70. The van der Waals surface area contributed by atoms with Crippen LogP contribution in [0, 0.1) is 6.92 Å². The highest BCUT2D eigenvalue weighted by atomic mass is 32.2. The molecule has 0 amide bonds. The average Bonchev–Trinajstić information content (AvgIpc) is 3.25. The normalized spacial score (nSPS) is 11.3. The maximum absolute atomic E-state index is 5.78. The molecule has 0 spiro atoms. The Bertz CT molecular complexity index is 911. The van der Waals surface area contributed by atoms with Crippen LogP contribution in [0.3, 0.4) is 0 Å². The molecule has 4 aromatic heterocycles. The number of rotatable bonds is 4. The number of thioether (sulfide) groups is 1. The summed E-state index contributed by atoms with van der Waals surface area (Å²) in [7, 11) is 0. The molecule has 0 aromatic carbocycles. The van der Waals surface area contributed by atoms with Crippen LogP contribution in [-0.4, -0.2) is 15.0 Å². The van der Waals surface area contributed by atoms with Crippen LogP contribution in [0.2, 0.25) is 0 Å². The van der Waals surface area contributed by atoms with E-state index in [4.69, 9.17) is 4.42 Å². The molecule has 22 heavy (non-hydrogen) atoms. The van der Waals surface area contributed by atoms with Crippen molar-refractivity contribution < 1.29 is 4.42 Å². The molecular weight excluding hydrogens is 334 g/mol. The fraction of sp³-hybridized carbons (Fsp3) is 0.133. The fourth-order valence-corrected chi connectivity index (χ4v) is 4.67. The lowest BCUT2D eigenvalue weighted by Gasteiger charge is -1.99. The van der Waals surface area contributed by atoms with Gasteiger partial charge in [0.2, 0.25) is 5.89 Å². The zero-order valence-electron chi connectivity index (χ0n) is 11.6. The van der Waals surface area contributed by atoms with Crippen molar-refractivity contribution in [2.24, 2.45) is 0 Å². The van der Waals surface area contributed by atoms with E-state index < -0.39 is 0 Å². The highest BCUT2D eigenvalue weighted by Gasteiger charge is 2.14. The zero-order valence-corrected chi connectivity index (χ0v) is 14.1. The second-order valence-corrected chi connectivity index (χ2v) is 7.43. The second kappa shape index (κ2) is 5.83. The standard InChI is InChI=1S/C15H11N3OS3/c1-9-11(18-14(19-9)12-3-2-5-20-12)7-22-15-13-10(4-6-21-13)16-8-17-15/h2-6,8H,7H2,1H3. The van der Waals surface area contributed by atoms with Crippen molar-refractivity contribution in [2.45, 2.75) is 17.7 Å². The molecule has 0 aliphatic carbocycles. The maximum atomic E-state index is 5.78. The predicted octanol–water partition coefficient (Wildman–Crippen LogP) is 5.01. The van der Waals surface area contributed by atoms with Crippen molar-refractivity contribution in [2.75, 3.05) is 0 Å². The molecule has 4 nitrogen and oxygen atoms in total. The monoisotopic (exact) mass is 345 g/mol. The van der Waals surface area contributed by atoms with Crippen molar-refractivity contribution >= 4 is 44.7 Å². The Kier molecular flexibility index (Phi) is 3.69. The van der Waals surface area contributed by atoms with Gasteiger partial charge in [-0.25, -0.2) is 15.0 Å². The van der Waals surface area contributed by atoms with Crippen LogP contribution in [0.1, 0.15) is 11.5 Å². The van der Waals surface area contributed by atoms with Crippen LogP contribution in [-0.2, 0) is 5.75 Å². The summed E-state index contributed by atoms with van der Waals surface area (Å²) in [5.74, 6) is 2.31. The second-order valence-electron chi connectivity index (χ2n) is 4.60. The lowest BCUT2D eigenvalue weighted by atomic mass is 10.4. The van der Waals surface area contributed by atoms with Crippen molar-refractivity contribution in [3.05, 3.63) is 46.7 Å². The van der Waals surface area contributed by atoms with Gasteiger partial charge in [0.15, 0.2) is 0 Å². The predicted molar refractivity (Wildman–Crippen MR) is 91.5 cm³/mol. The highest BCUT2D eigenvalue weighted by molar-refractivity contribution is 7.98. The van der Waals surface area contributed by atoms with Gasteiger partial charge < -0.3 is 4.42 Å². The SMILES string of the molecule is Cc1oc(-c2cccs2)nc1CSc1ncnc2ccsc12. The first-order valence-electron chi connectivity index (χ1n) is 6.62. The average molecular weight is 345 g/mol. The van der Waals surface area contributed by atoms with E-state index in [2.05, 4.69) is 15.0 Å². The minimum atomic E-state index is 0.701. The first kappa shape index (κ1) is 13.9. The smallest absolute Gasteiger partial charge is 0.236 e. The Labute approximate surface area is 139 Å². The summed E-state index contributed by atoms with van der Waals surface area (Å²) in [6.45, 7) is 1.96. The Morgan fingerprint density at radius 2 is 2.14 bits per heavy atom. The molecule has 0 aliphatic heterocycles. The van der Waals surface area contributed by atoms with Crippen molar-refractivity contribution in [3.63, 3.8) is 0 Å². The van der Waals surface area contributed by atoms with E-state index in [1.54, 1.807) is 40.8 Å². The molecule has 7 heteroatoms. The van der Waals surface area contributed by atoms with Gasteiger partial charge in [0.1, 0.15) is 17.1 Å². The van der Waals surface area contributed by atoms with Crippen molar-refractivity contribution in [1.82, 2.24) is 15.0 Å². The van der Waals surface area contributed by atoms with Gasteiger partial charge >= 0.3 is 0 Å². The topological polar surface area (TPSA) is 51.8 Å². The summed E-state index contributed by atoms with van der Waals surface area (Å²) >= 11 is 4.97. The fourth-order valence-electron chi connectivity index (χ4n) is 2.07. The van der Waals surface area contributed by atoms with E-state index in [1.165, 1.54) is 0 Å². The maximum Gasteiger partial charge on any atom is 0.236 e. The number of nitrogens with zero attached hydrogens (tertiary/aromatic N) is 3. The van der Waals surface area contributed by atoms with Gasteiger partial charge in [0.25, 0.3) is 0 Å². The van der Waals surface area contributed by atoms with Crippen LogP contribution in [0.15, 0.2) is 44.7 Å². The summed E-state index contributed by atoms with van der Waals surface area (Å²) < 4.78 is 6.91. The number of fused-ring (bicyclic) bond motifs is 1. The van der Waals surface area contributed by atoms with Crippen molar-refractivity contribution in [1.29, 1.82) is 0 Å². The van der Waals surface area contributed by atoms with Gasteiger partial charge in [0, 0.05) is 5.75 Å². The number of oxazole rings is 1. The van der Waals surface area contributed by atoms with E-state index in [0.717, 1.165) is 37.3 Å². The number of aromatic nitrogens is 3. The highest BCUT2D eigenvalue weighted by Crippen LogP contribution is 2.32. The Balaban J connectivity index is 1.58. The first-order valence-corrected chi connectivity index (χ1v) is 9.37. The van der Waals surface area contributed by atoms with E-state index >= 15 is 0 Å². The summed E-state index contributed by atoms with van der Waals surface area (Å²) in [6, 6.07) is 6.04. The Morgan fingerprint density at radius 1 is 1.18 bits per heavy atom. The van der Waals surface area contributed by atoms with Crippen LogP contribution in [0.4, 0.5) is 0 Å². The summed E-state index contributed by atoms with van der Waals surface area (Å²) in [5, 5.41) is 5.07. The minimum Gasteiger partial charge on any atom is -0.440 e. The lowest BCUT2D eigenvalue weighted by molar-refractivity contribution is 0.542. The molecule has 4 rings (SSSR count). The third-order valence-corrected chi connectivity index (χ3v) is 6.08. The molecule has 0 N–H and O–H groups in total. The molecule has 0 bridgehead atoms. The van der Waals surface area contributed by atoms with Gasteiger partial charge in [-0.2, -0.15) is 0 Å². The third kappa shape index (κ3) is 2.55. The molecule has 0 unspecified atom stereocenters. The molecule has 0 radical (unpaired) electrons. The van der Waals surface area contributed by atoms with Crippen LogP contribution >= 0.6 is 34.4 Å². The molecule has 4 aromatic rings. The van der Waals surface area contributed by atoms with E-state index in [0.29, 0.717) is 5.89 Å². The quantitative estimate of drug-likeness (QED) is 0.384. The molecule has 0 saturated heterocycles. The summed E-state index contributed by atoms with van der Waals surface area (Å²) in [5.41, 5.74) is 1.97. The number of aryl methyl sites for hydroxylation is 1. The van der Waals surface area contributed by atoms with Crippen LogP contribution in [0.25, 0.3) is 21.0 Å². The zero-order chi connectivity index (χ0) is 14.9. The number of thiophene rings is 2. The lowest BCUT2D eigenvalue weighted by Crippen LogP contribution is -1.87. The summed E-state index contributed by atoms with van der Waals surface area (Å²) in [4.78, 5) is 14.3. The molecule has 0 fully saturated rings. The van der Waals surface area contributed by atoms with Gasteiger partial charge in [-0.15, -0.1) is 22.7 Å². The van der Waals surface area contributed by atoms with Gasteiger partial charge in [-0.1, -0.05) is 17.8 Å². The van der Waals surface area contributed by atoms with Gasteiger partial charge in [-0.3, -0.25) is 0 Å². The Morgan fingerprint density at radius 3 is 3.00 bits per heavy atom. The molecule has 4 heterocycles. The molecule has 0 saturated carbocycles. The third-order valence-electron chi connectivity index (χ3n) is 3.18.